The van der Waals surface area contributed by atoms with Gasteiger partial charge in [0, 0.05) is 5.56 Å². The molecule has 0 fully saturated rings. The zero-order valence-electron chi connectivity index (χ0n) is 7.31. The first-order chi connectivity index (χ1) is 5.88. The molecule has 0 N–H and O–H groups in total. The molecule has 2 rings (SSSR count). The molecule has 1 heteroatoms. The molecule has 0 saturated carbocycles. The molecular weight excluding hydrogens is 148 g/mol. The first kappa shape index (κ1) is 7.78. The Hall–Kier alpha value is -0.850. The molecule has 1 aliphatic rings. The summed E-state index contributed by atoms with van der Waals surface area (Å²) in [6.45, 7) is 0. The summed E-state index contributed by atoms with van der Waals surface area (Å²) in [4.78, 5) is 10.9. The SMILES string of the molecule is O=c1cc1C1=CCCCCCC1. The highest BCUT2D eigenvalue weighted by Crippen LogP contribution is 2.24. The largest absolute Gasteiger partial charge is 0.289 e. The van der Waals surface area contributed by atoms with Crippen LogP contribution in [0.2, 0.25) is 0 Å². The normalized spacial score (nSPS) is 20.2. The van der Waals surface area contributed by atoms with Crippen molar-refractivity contribution in [3.8, 4) is 0 Å². The lowest BCUT2D eigenvalue weighted by molar-refractivity contribution is 0.644. The van der Waals surface area contributed by atoms with Gasteiger partial charge in [-0.15, -0.1) is 0 Å². The van der Waals surface area contributed by atoms with E-state index in [0.29, 0.717) is 0 Å². The first-order valence-corrected chi connectivity index (χ1v) is 4.83. The van der Waals surface area contributed by atoms with Crippen molar-refractivity contribution in [2.75, 3.05) is 0 Å². The quantitative estimate of drug-likeness (QED) is 0.620. The number of hydrogen-bond donors (Lipinski definition) is 0. The van der Waals surface area contributed by atoms with Gasteiger partial charge in [0.05, 0.1) is 0 Å². The Morgan fingerprint density at radius 2 is 1.83 bits per heavy atom. The van der Waals surface area contributed by atoms with Crippen molar-refractivity contribution in [1.82, 2.24) is 0 Å². The Morgan fingerprint density at radius 1 is 1.08 bits per heavy atom. The predicted molar refractivity (Wildman–Crippen MR) is 50.8 cm³/mol. The Morgan fingerprint density at radius 3 is 2.58 bits per heavy atom. The summed E-state index contributed by atoms with van der Waals surface area (Å²) in [5.41, 5.74) is 2.60. The Bertz CT molecular complexity index is 300. The fourth-order valence-corrected chi connectivity index (χ4v) is 1.78. The molecule has 0 unspecified atom stereocenters. The van der Waals surface area contributed by atoms with Gasteiger partial charge in [-0.1, -0.05) is 18.9 Å². The zero-order chi connectivity index (χ0) is 8.39. The lowest BCUT2D eigenvalue weighted by atomic mass is 9.99. The molecule has 1 aliphatic carbocycles. The van der Waals surface area contributed by atoms with E-state index < -0.39 is 0 Å². The van der Waals surface area contributed by atoms with Crippen LogP contribution in [0.4, 0.5) is 0 Å². The van der Waals surface area contributed by atoms with Gasteiger partial charge in [-0.3, -0.25) is 4.79 Å². The van der Waals surface area contributed by atoms with Gasteiger partial charge in [-0.25, -0.2) is 0 Å². The van der Waals surface area contributed by atoms with E-state index in [-0.39, 0.29) is 5.43 Å². The summed E-state index contributed by atoms with van der Waals surface area (Å²) < 4.78 is 0. The second kappa shape index (κ2) is 3.26. The Labute approximate surface area is 72.8 Å². The smallest absolute Gasteiger partial charge is 0.186 e. The van der Waals surface area contributed by atoms with Gasteiger partial charge in [-0.05, 0) is 37.3 Å². The molecular formula is C11H14O. The molecule has 0 aliphatic heterocycles. The minimum absolute atomic E-state index is 0.266. The fraction of sp³-hybridized carbons (Fsp3) is 0.545. The van der Waals surface area contributed by atoms with Crippen molar-refractivity contribution < 1.29 is 0 Å². The first-order valence-electron chi connectivity index (χ1n) is 4.83. The highest BCUT2D eigenvalue weighted by Gasteiger charge is 2.13. The van der Waals surface area contributed by atoms with E-state index in [1.807, 2.05) is 0 Å². The lowest BCUT2D eigenvalue weighted by Crippen LogP contribution is -1.89. The summed E-state index contributed by atoms with van der Waals surface area (Å²) in [6, 6.07) is 1.76. The molecule has 1 aromatic carbocycles. The standard InChI is InChI=1S/C11H14O/c12-11-8-10(11)9-6-4-2-1-3-5-7-9/h6,8H,1-5,7H2. The molecule has 0 amide bonds. The van der Waals surface area contributed by atoms with Crippen molar-refractivity contribution >= 4 is 5.57 Å². The van der Waals surface area contributed by atoms with Crippen molar-refractivity contribution in [3.05, 3.63) is 27.9 Å². The molecule has 0 bridgehead atoms. The monoisotopic (exact) mass is 162 g/mol. The minimum atomic E-state index is 0.266. The van der Waals surface area contributed by atoms with Crippen LogP contribution in [0.15, 0.2) is 16.9 Å². The van der Waals surface area contributed by atoms with Gasteiger partial charge in [0.15, 0.2) is 5.43 Å². The van der Waals surface area contributed by atoms with Crippen molar-refractivity contribution in [2.24, 2.45) is 0 Å². The van der Waals surface area contributed by atoms with E-state index in [0.717, 1.165) is 12.0 Å². The molecule has 0 radical (unpaired) electrons. The molecule has 0 aromatic heterocycles. The maximum atomic E-state index is 10.9. The van der Waals surface area contributed by atoms with E-state index in [9.17, 15) is 4.79 Å². The topological polar surface area (TPSA) is 17.1 Å². The molecule has 0 spiro atoms. The summed E-state index contributed by atoms with van der Waals surface area (Å²) in [7, 11) is 0. The third kappa shape index (κ3) is 1.66. The molecule has 1 nitrogen and oxygen atoms in total. The van der Waals surface area contributed by atoms with Gasteiger partial charge in [0.2, 0.25) is 0 Å². The average molecular weight is 162 g/mol. The van der Waals surface area contributed by atoms with E-state index in [1.54, 1.807) is 6.07 Å². The molecule has 12 heavy (non-hydrogen) atoms. The van der Waals surface area contributed by atoms with Crippen molar-refractivity contribution in [2.45, 2.75) is 38.5 Å². The van der Waals surface area contributed by atoms with Gasteiger partial charge in [0.25, 0.3) is 0 Å². The minimum Gasteiger partial charge on any atom is -0.289 e. The molecule has 0 saturated heterocycles. The van der Waals surface area contributed by atoms with E-state index in [4.69, 9.17) is 0 Å². The van der Waals surface area contributed by atoms with Crippen LogP contribution in [0.3, 0.4) is 0 Å². The van der Waals surface area contributed by atoms with Gasteiger partial charge >= 0.3 is 0 Å². The molecule has 0 atom stereocenters. The summed E-state index contributed by atoms with van der Waals surface area (Å²) in [5.74, 6) is 0. The van der Waals surface area contributed by atoms with Gasteiger partial charge < -0.3 is 0 Å². The van der Waals surface area contributed by atoms with Crippen LogP contribution in [0.1, 0.15) is 44.1 Å². The predicted octanol–water partition coefficient (Wildman–Crippen LogP) is 2.66. The third-order valence-corrected chi connectivity index (χ3v) is 2.59. The zero-order valence-corrected chi connectivity index (χ0v) is 7.31. The fourth-order valence-electron chi connectivity index (χ4n) is 1.78. The number of rotatable bonds is 1. The summed E-state index contributed by atoms with van der Waals surface area (Å²) in [6.07, 6.45) is 9.80. The van der Waals surface area contributed by atoms with Crippen LogP contribution >= 0.6 is 0 Å². The average Bonchev–Trinajstić information content (AvgIpc) is 2.65. The number of hydrogen-bond acceptors (Lipinski definition) is 1. The van der Waals surface area contributed by atoms with E-state index in [1.165, 1.54) is 37.7 Å². The second-order valence-corrected chi connectivity index (χ2v) is 3.60. The Balaban J connectivity index is 2.07. The maximum Gasteiger partial charge on any atom is 0.186 e. The number of allylic oxidation sites excluding steroid dienone is 2. The van der Waals surface area contributed by atoms with Crippen LogP contribution in [0.25, 0.3) is 5.57 Å². The third-order valence-electron chi connectivity index (χ3n) is 2.59. The molecule has 64 valence electrons. The van der Waals surface area contributed by atoms with Gasteiger partial charge in [-0.2, -0.15) is 0 Å². The van der Waals surface area contributed by atoms with Crippen LogP contribution in [-0.4, -0.2) is 0 Å². The maximum absolute atomic E-state index is 10.9. The highest BCUT2D eigenvalue weighted by molar-refractivity contribution is 5.70. The van der Waals surface area contributed by atoms with Crippen molar-refractivity contribution in [1.29, 1.82) is 0 Å². The van der Waals surface area contributed by atoms with E-state index >= 15 is 0 Å². The highest BCUT2D eigenvalue weighted by atomic mass is 16.1. The molecule has 1 aromatic rings. The van der Waals surface area contributed by atoms with E-state index in [2.05, 4.69) is 6.08 Å². The second-order valence-electron chi connectivity index (χ2n) is 3.60. The summed E-state index contributed by atoms with van der Waals surface area (Å²) >= 11 is 0. The van der Waals surface area contributed by atoms with Crippen LogP contribution < -0.4 is 5.43 Å². The van der Waals surface area contributed by atoms with Crippen molar-refractivity contribution in [3.63, 3.8) is 0 Å². The van der Waals surface area contributed by atoms with Gasteiger partial charge in [0.1, 0.15) is 0 Å². The summed E-state index contributed by atoms with van der Waals surface area (Å²) in [5, 5.41) is 0. The lowest BCUT2D eigenvalue weighted by Gasteiger charge is -2.06. The van der Waals surface area contributed by atoms with Crippen LogP contribution in [0, 0.1) is 0 Å². The van der Waals surface area contributed by atoms with Crippen LogP contribution in [-0.2, 0) is 0 Å². The van der Waals surface area contributed by atoms with Crippen LogP contribution in [0.5, 0.6) is 0 Å². The molecule has 0 heterocycles. The Kier molecular flexibility index (Phi) is 2.11.